The summed E-state index contributed by atoms with van der Waals surface area (Å²) in [4.78, 5) is 0. The summed E-state index contributed by atoms with van der Waals surface area (Å²) in [5, 5.41) is 0. The van der Waals surface area contributed by atoms with Crippen molar-refractivity contribution in [3.63, 3.8) is 0 Å². The second kappa shape index (κ2) is 7.57. The lowest BCUT2D eigenvalue weighted by atomic mass is 10.3. The summed E-state index contributed by atoms with van der Waals surface area (Å²) >= 11 is 0. The molecule has 3 heteroatoms. The fourth-order valence-corrected chi connectivity index (χ4v) is 0.684. The summed E-state index contributed by atoms with van der Waals surface area (Å²) in [6, 6.07) is 0. The van der Waals surface area contributed by atoms with Crippen LogP contribution in [0.1, 0.15) is 12.8 Å². The Morgan fingerprint density at radius 1 is 1.27 bits per heavy atom. The van der Waals surface area contributed by atoms with Crippen LogP contribution in [-0.4, -0.2) is 27.4 Å². The van der Waals surface area contributed by atoms with Crippen molar-refractivity contribution in [2.45, 2.75) is 12.8 Å². The summed E-state index contributed by atoms with van der Waals surface area (Å²) < 4.78 is 9.73. The molecule has 0 aromatic heterocycles. The summed E-state index contributed by atoms with van der Waals surface area (Å²) in [5.74, 6) is 0. The molecule has 0 heterocycles. The molecule has 0 saturated heterocycles. The van der Waals surface area contributed by atoms with Gasteiger partial charge in [-0.3, -0.25) is 0 Å². The van der Waals surface area contributed by atoms with Crippen LogP contribution in [0.2, 0.25) is 0 Å². The molecule has 0 aliphatic carbocycles. The van der Waals surface area contributed by atoms with Crippen molar-refractivity contribution in [3.05, 3.63) is 11.8 Å². The molecule has 0 atom stereocenters. The maximum absolute atomic E-state index is 5.63. The number of hydrogen-bond acceptors (Lipinski definition) is 3. The Kier molecular flexibility index (Phi) is 7.19. The smallest absolute Gasteiger partial charge is 0.0516 e. The normalized spacial score (nSPS) is 12.0. The summed E-state index contributed by atoms with van der Waals surface area (Å²) in [7, 11) is 3.35. The molecule has 66 valence electrons. The monoisotopic (exact) mass is 159 g/mol. The molecule has 0 radical (unpaired) electrons. The zero-order chi connectivity index (χ0) is 8.53. The van der Waals surface area contributed by atoms with Crippen LogP contribution in [0.15, 0.2) is 11.8 Å². The molecule has 0 bridgehead atoms. The maximum atomic E-state index is 5.63. The highest BCUT2D eigenvalue weighted by Gasteiger charge is 1.88. The molecule has 0 aromatic carbocycles. The van der Waals surface area contributed by atoms with Crippen molar-refractivity contribution < 1.29 is 9.47 Å². The van der Waals surface area contributed by atoms with Crippen molar-refractivity contribution >= 4 is 0 Å². The quantitative estimate of drug-likeness (QED) is 0.586. The van der Waals surface area contributed by atoms with Gasteiger partial charge in [-0.2, -0.15) is 0 Å². The number of nitrogens with two attached hydrogens (primary N) is 1. The third-order valence-electron chi connectivity index (χ3n) is 1.32. The van der Waals surface area contributed by atoms with Gasteiger partial charge in [0.05, 0.1) is 6.61 Å². The first-order chi connectivity index (χ1) is 5.31. The second-order valence-corrected chi connectivity index (χ2v) is 2.30. The number of hydrogen-bond donors (Lipinski definition) is 1. The van der Waals surface area contributed by atoms with E-state index in [1.165, 1.54) is 0 Å². The molecular formula is C8H17NO2. The number of rotatable bonds is 6. The first kappa shape index (κ1) is 10.5. The molecule has 0 amide bonds. The van der Waals surface area contributed by atoms with E-state index in [9.17, 15) is 0 Å². The standard InChI is InChI=1S/C8H17NO2/c1-10-6-3-4-8(9)5-7-11-2/h4H,3,5-7,9H2,1-2H3. The van der Waals surface area contributed by atoms with Gasteiger partial charge in [-0.1, -0.05) is 6.08 Å². The lowest BCUT2D eigenvalue weighted by Gasteiger charge is -1.99. The van der Waals surface area contributed by atoms with Crippen molar-refractivity contribution in [2.75, 3.05) is 27.4 Å². The van der Waals surface area contributed by atoms with Gasteiger partial charge in [0.15, 0.2) is 0 Å². The molecule has 0 saturated carbocycles. The average Bonchev–Trinajstić information content (AvgIpc) is 2.01. The molecule has 0 unspecified atom stereocenters. The lowest BCUT2D eigenvalue weighted by molar-refractivity contribution is 0.199. The van der Waals surface area contributed by atoms with Gasteiger partial charge in [-0.05, 0) is 6.42 Å². The zero-order valence-corrected chi connectivity index (χ0v) is 7.30. The topological polar surface area (TPSA) is 44.5 Å². The first-order valence-electron chi connectivity index (χ1n) is 3.73. The van der Waals surface area contributed by atoms with Crippen molar-refractivity contribution in [3.8, 4) is 0 Å². The van der Waals surface area contributed by atoms with Crippen LogP contribution >= 0.6 is 0 Å². The van der Waals surface area contributed by atoms with Gasteiger partial charge in [0, 0.05) is 32.9 Å². The molecule has 0 aliphatic heterocycles. The van der Waals surface area contributed by atoms with E-state index in [2.05, 4.69) is 0 Å². The summed E-state index contributed by atoms with van der Waals surface area (Å²) in [6.07, 6.45) is 3.66. The molecule has 0 rings (SSSR count). The summed E-state index contributed by atoms with van der Waals surface area (Å²) in [5.41, 5.74) is 6.50. The van der Waals surface area contributed by atoms with Crippen LogP contribution in [0, 0.1) is 0 Å². The van der Waals surface area contributed by atoms with Gasteiger partial charge in [-0.15, -0.1) is 0 Å². The Balaban J connectivity index is 3.30. The first-order valence-corrected chi connectivity index (χ1v) is 3.73. The largest absolute Gasteiger partial charge is 0.402 e. The van der Waals surface area contributed by atoms with Gasteiger partial charge in [0.1, 0.15) is 0 Å². The Morgan fingerprint density at radius 2 is 1.91 bits per heavy atom. The van der Waals surface area contributed by atoms with E-state index in [0.29, 0.717) is 6.61 Å². The molecular weight excluding hydrogens is 142 g/mol. The van der Waals surface area contributed by atoms with E-state index in [4.69, 9.17) is 15.2 Å². The molecule has 0 aliphatic rings. The molecule has 0 fully saturated rings. The molecule has 0 aromatic rings. The van der Waals surface area contributed by atoms with E-state index in [1.54, 1.807) is 14.2 Å². The fraction of sp³-hybridized carbons (Fsp3) is 0.750. The van der Waals surface area contributed by atoms with E-state index in [1.807, 2.05) is 6.08 Å². The predicted molar refractivity (Wildman–Crippen MR) is 45.3 cm³/mol. The fourth-order valence-electron chi connectivity index (χ4n) is 0.684. The molecule has 11 heavy (non-hydrogen) atoms. The molecule has 0 spiro atoms. The minimum atomic E-state index is 0.690. The van der Waals surface area contributed by atoms with Gasteiger partial charge in [-0.25, -0.2) is 0 Å². The molecule has 2 N–H and O–H groups in total. The van der Waals surface area contributed by atoms with Crippen LogP contribution in [0.3, 0.4) is 0 Å². The van der Waals surface area contributed by atoms with E-state index >= 15 is 0 Å². The predicted octanol–water partition coefficient (Wildman–Crippen LogP) is 0.902. The Labute approximate surface area is 68.2 Å². The second-order valence-electron chi connectivity index (χ2n) is 2.30. The number of ether oxygens (including phenoxy) is 2. The van der Waals surface area contributed by atoms with Crippen molar-refractivity contribution in [1.29, 1.82) is 0 Å². The third kappa shape index (κ3) is 7.36. The van der Waals surface area contributed by atoms with Crippen molar-refractivity contribution in [2.24, 2.45) is 5.73 Å². The Hall–Kier alpha value is -0.540. The Bertz CT molecular complexity index is 113. The van der Waals surface area contributed by atoms with Crippen LogP contribution < -0.4 is 5.73 Å². The lowest BCUT2D eigenvalue weighted by Crippen LogP contribution is -2.01. The highest BCUT2D eigenvalue weighted by atomic mass is 16.5. The summed E-state index contributed by atoms with van der Waals surface area (Å²) in [6.45, 7) is 1.42. The number of methoxy groups -OCH3 is 2. The van der Waals surface area contributed by atoms with Gasteiger partial charge in [0.2, 0.25) is 0 Å². The van der Waals surface area contributed by atoms with Gasteiger partial charge < -0.3 is 15.2 Å². The Morgan fingerprint density at radius 3 is 2.45 bits per heavy atom. The van der Waals surface area contributed by atoms with Crippen LogP contribution in [0.4, 0.5) is 0 Å². The van der Waals surface area contributed by atoms with Crippen LogP contribution in [-0.2, 0) is 9.47 Å². The van der Waals surface area contributed by atoms with E-state index in [-0.39, 0.29) is 0 Å². The average molecular weight is 159 g/mol. The van der Waals surface area contributed by atoms with E-state index in [0.717, 1.165) is 25.1 Å². The van der Waals surface area contributed by atoms with Crippen LogP contribution in [0.25, 0.3) is 0 Å². The minimum absolute atomic E-state index is 0.690. The van der Waals surface area contributed by atoms with Gasteiger partial charge >= 0.3 is 0 Å². The minimum Gasteiger partial charge on any atom is -0.402 e. The molecule has 3 nitrogen and oxygen atoms in total. The SMILES string of the molecule is COCCC=C(N)CCOC. The van der Waals surface area contributed by atoms with Gasteiger partial charge in [0.25, 0.3) is 0 Å². The maximum Gasteiger partial charge on any atom is 0.0516 e. The zero-order valence-electron chi connectivity index (χ0n) is 7.30. The van der Waals surface area contributed by atoms with E-state index < -0.39 is 0 Å². The highest BCUT2D eigenvalue weighted by Crippen LogP contribution is 1.94. The van der Waals surface area contributed by atoms with Crippen molar-refractivity contribution in [1.82, 2.24) is 0 Å². The van der Waals surface area contributed by atoms with Crippen LogP contribution in [0.5, 0.6) is 0 Å². The highest BCUT2D eigenvalue weighted by molar-refractivity contribution is 4.95. The third-order valence-corrected chi connectivity index (χ3v) is 1.32.